The lowest BCUT2D eigenvalue weighted by Crippen LogP contribution is -2.82. The van der Waals surface area contributed by atoms with Crippen LogP contribution in [-0.2, 0) is 61.9 Å². The van der Waals surface area contributed by atoms with Gasteiger partial charge in [0.25, 0.3) is 5.91 Å². The Morgan fingerprint density at radius 2 is 1.40 bits per heavy atom. The summed E-state index contributed by atoms with van der Waals surface area (Å²) in [6.45, 7) is 9.81. The molecule has 2 bridgehead atoms. The van der Waals surface area contributed by atoms with Crippen molar-refractivity contribution in [3.8, 4) is 0 Å². The maximum atomic E-state index is 16.4. The zero-order valence-corrected chi connectivity index (χ0v) is 47.4. The zero-order valence-electron chi connectivity index (χ0n) is 47.4. The number of hydrogen-bond acceptors (Lipinski definition) is 19. The van der Waals surface area contributed by atoms with Crippen LogP contribution in [-0.4, -0.2) is 151 Å². The first-order valence-corrected chi connectivity index (χ1v) is 27.2. The Labute approximate surface area is 480 Å². The molecule has 8 rings (SSSR count). The van der Waals surface area contributed by atoms with E-state index in [0.29, 0.717) is 23.4 Å². The molecular weight excluding hydrogens is 1070 g/mol. The summed E-state index contributed by atoms with van der Waals surface area (Å²) in [4.78, 5) is 118. The molecule has 0 spiro atoms. The minimum Gasteiger partial charge on any atom is -0.456 e. The van der Waals surface area contributed by atoms with Crippen molar-refractivity contribution in [2.24, 2.45) is 21.7 Å². The van der Waals surface area contributed by atoms with Crippen molar-refractivity contribution in [3.63, 3.8) is 0 Å². The van der Waals surface area contributed by atoms with Gasteiger partial charge < -0.3 is 53.4 Å². The number of carbonyl (C=O) groups excluding carboxylic acids is 8. The summed E-state index contributed by atoms with van der Waals surface area (Å²) < 4.78 is 47.8. The number of fused-ring (bicyclic) bond motifs is 5. The SMILES string of the molecule is COCCOCC(=O)CN=C(C)c1ccc(NC(=O)O[C@H]2C[C@H]3OC[C@@]3(OC(C)=O)[C@H]3[C@H](OC(=O)c4ccccc4)[C@]4(O)C[C@H](OC(=O)[C@H](O)[C@@H](NC(=O)c5ccccc5)c5ccccc5)C(C)=C([C@@H](OC(C)=O)C(=O)[C@]23C)C4(C)C)cc1. The van der Waals surface area contributed by atoms with E-state index in [4.69, 9.17) is 37.9 Å². The molecule has 21 heteroatoms. The predicted molar refractivity (Wildman–Crippen MR) is 297 cm³/mol. The third-order valence-corrected chi connectivity index (χ3v) is 16.4. The van der Waals surface area contributed by atoms with Crippen LogP contribution < -0.4 is 10.6 Å². The van der Waals surface area contributed by atoms with Crippen LogP contribution in [0, 0.1) is 16.7 Å². The maximum absolute atomic E-state index is 16.4. The second kappa shape index (κ2) is 25.3. The van der Waals surface area contributed by atoms with Crippen molar-refractivity contribution >= 4 is 58.8 Å². The summed E-state index contributed by atoms with van der Waals surface area (Å²) in [6, 6.07) is 29.1. The molecule has 3 fully saturated rings. The van der Waals surface area contributed by atoms with Crippen molar-refractivity contribution in [2.75, 3.05) is 45.4 Å². The van der Waals surface area contributed by atoms with Crippen LogP contribution in [0.5, 0.6) is 0 Å². The van der Waals surface area contributed by atoms with Crippen LogP contribution in [0.25, 0.3) is 0 Å². The first-order chi connectivity index (χ1) is 39.5. The monoisotopic (exact) mass is 1140 g/mol. The molecule has 2 saturated carbocycles. The van der Waals surface area contributed by atoms with Gasteiger partial charge in [-0.25, -0.2) is 14.4 Å². The van der Waals surface area contributed by atoms with Crippen LogP contribution in [0.3, 0.4) is 0 Å². The molecule has 4 aromatic carbocycles. The molecular formula is C62H69N3O18. The Morgan fingerprint density at radius 1 is 0.771 bits per heavy atom. The number of ketones is 2. The predicted octanol–water partition coefficient (Wildman–Crippen LogP) is 6.03. The van der Waals surface area contributed by atoms with Crippen molar-refractivity contribution in [3.05, 3.63) is 149 Å². The number of aliphatic hydroxyl groups excluding tert-OH is 1. The molecule has 0 radical (unpaired) electrons. The standard InChI is InChI=1S/C62H69N3O18/c1-35-45(80-57(73)50(69)49(40-18-12-9-13-19-40)65-55(71)41-20-14-10-15-21-41)31-62(75)54(82-56(72)42-22-16-11-17-23-42)52-60(7,53(70)51(79-37(3)66)48(35)59(62,5)6)46(30-47-61(52,34-78-47)83-38(4)67)81-58(74)64-43-26-24-39(25-27-43)36(2)63-32-44(68)33-77-29-28-76-8/h9-27,45-47,49-52,54,69,75H,28-34H2,1-8H3,(H,64,74)(H,65,71)/t45-,46-,47+,49-,50+,51+,52-,54-,60+,61-,62+/m0/s1. The summed E-state index contributed by atoms with van der Waals surface area (Å²) in [5, 5.41) is 31.6. The van der Waals surface area contributed by atoms with Gasteiger partial charge in [-0.3, -0.25) is 34.3 Å². The summed E-state index contributed by atoms with van der Waals surface area (Å²) in [5.41, 5.74) is -6.48. The number of nitrogens with one attached hydrogen (secondary N) is 2. The Bertz CT molecular complexity index is 3150. The molecule has 1 aliphatic heterocycles. The fourth-order valence-corrected chi connectivity index (χ4v) is 12.1. The number of carbonyl (C=O) groups is 8. The average molecular weight is 1140 g/mol. The van der Waals surface area contributed by atoms with Crippen molar-refractivity contribution in [2.45, 2.75) is 115 Å². The Morgan fingerprint density at radius 3 is 1.99 bits per heavy atom. The smallest absolute Gasteiger partial charge is 0.411 e. The number of ether oxygens (including phenoxy) is 8. The van der Waals surface area contributed by atoms with E-state index in [1.165, 1.54) is 46.9 Å². The second-order valence-electron chi connectivity index (χ2n) is 21.9. The van der Waals surface area contributed by atoms with Crippen LogP contribution in [0.2, 0.25) is 0 Å². The number of methoxy groups -OCH3 is 1. The van der Waals surface area contributed by atoms with E-state index in [1.54, 1.807) is 110 Å². The van der Waals surface area contributed by atoms with E-state index < -0.39 is 125 Å². The average Bonchev–Trinajstić information content (AvgIpc) is 0.733. The van der Waals surface area contributed by atoms with Crippen molar-refractivity contribution in [1.29, 1.82) is 0 Å². The van der Waals surface area contributed by atoms with E-state index in [0.717, 1.165) is 13.8 Å². The van der Waals surface area contributed by atoms with Gasteiger partial charge in [0, 0.05) is 56.2 Å². The Balaban J connectivity index is 1.21. The molecule has 11 atom stereocenters. The van der Waals surface area contributed by atoms with E-state index in [1.807, 2.05) is 0 Å². The van der Waals surface area contributed by atoms with Gasteiger partial charge in [0.05, 0.1) is 42.8 Å². The summed E-state index contributed by atoms with van der Waals surface area (Å²) >= 11 is 0. The van der Waals surface area contributed by atoms with Gasteiger partial charge >= 0.3 is 30.0 Å². The molecule has 4 aromatic rings. The van der Waals surface area contributed by atoms with E-state index in [-0.39, 0.29) is 59.9 Å². The number of aliphatic imine (C=N–C) groups is 1. The fourth-order valence-electron chi connectivity index (χ4n) is 12.1. The van der Waals surface area contributed by atoms with Crippen molar-refractivity contribution < 1.29 is 86.5 Å². The van der Waals surface area contributed by atoms with Gasteiger partial charge in [0.1, 0.15) is 43.2 Å². The van der Waals surface area contributed by atoms with Gasteiger partial charge in [0.15, 0.2) is 29.4 Å². The second-order valence-corrected chi connectivity index (χ2v) is 21.9. The Hall–Kier alpha value is -7.95. The molecule has 1 heterocycles. The van der Waals surface area contributed by atoms with Crippen LogP contribution in [0.4, 0.5) is 10.5 Å². The number of esters is 4. The normalized spacial score (nSPS) is 26.8. The molecule has 2 amide bonds. The number of Topliss-reactive ketones (excluding diaryl/α,β-unsaturated/α-hetero) is 2. The highest BCUT2D eigenvalue weighted by Crippen LogP contribution is 2.65. The highest BCUT2D eigenvalue weighted by atomic mass is 16.6. The molecule has 21 nitrogen and oxygen atoms in total. The zero-order chi connectivity index (χ0) is 60.0. The molecule has 83 heavy (non-hydrogen) atoms. The lowest BCUT2D eigenvalue weighted by molar-refractivity contribution is -0.345. The maximum Gasteiger partial charge on any atom is 0.411 e. The lowest BCUT2D eigenvalue weighted by atomic mass is 9.44. The molecule has 0 unspecified atom stereocenters. The van der Waals surface area contributed by atoms with Crippen molar-refractivity contribution in [1.82, 2.24) is 5.32 Å². The number of aliphatic hydroxyl groups is 2. The lowest BCUT2D eigenvalue weighted by Gasteiger charge is -2.67. The number of anilines is 1. The summed E-state index contributed by atoms with van der Waals surface area (Å²) in [6.07, 6.45) is -12.4. The highest BCUT2D eigenvalue weighted by Gasteiger charge is 2.79. The molecule has 1 saturated heterocycles. The topological polar surface area (TPSA) is 287 Å². The largest absolute Gasteiger partial charge is 0.456 e. The summed E-state index contributed by atoms with van der Waals surface area (Å²) in [5.74, 6) is -7.60. The highest BCUT2D eigenvalue weighted by molar-refractivity contribution is 6.01. The fraction of sp³-hybridized carbons (Fsp3) is 0.435. The van der Waals surface area contributed by atoms with Crippen LogP contribution in [0.1, 0.15) is 99.2 Å². The first-order valence-electron chi connectivity index (χ1n) is 27.2. The van der Waals surface area contributed by atoms with Crippen LogP contribution in [0.15, 0.2) is 131 Å². The number of hydrogen-bond donors (Lipinski definition) is 4. The Kier molecular flexibility index (Phi) is 18.6. The van der Waals surface area contributed by atoms with Gasteiger partial charge in [-0.05, 0) is 79.4 Å². The van der Waals surface area contributed by atoms with Gasteiger partial charge in [-0.1, -0.05) is 92.7 Å². The number of rotatable bonds is 20. The van der Waals surface area contributed by atoms with Crippen LogP contribution >= 0.6 is 0 Å². The molecule has 4 aliphatic rings. The van der Waals surface area contributed by atoms with E-state index in [2.05, 4.69) is 15.6 Å². The quantitative estimate of drug-likeness (QED) is 0.0258. The van der Waals surface area contributed by atoms with Gasteiger partial charge in [0.2, 0.25) is 0 Å². The number of amides is 2. The molecule has 3 aliphatic carbocycles. The molecule has 0 aromatic heterocycles. The third kappa shape index (κ3) is 12.4. The van der Waals surface area contributed by atoms with Gasteiger partial charge in [-0.15, -0.1) is 0 Å². The third-order valence-electron chi connectivity index (χ3n) is 16.4. The van der Waals surface area contributed by atoms with Gasteiger partial charge in [-0.2, -0.15) is 0 Å². The first kappa shape index (κ1) is 61.1. The molecule has 440 valence electrons. The minimum absolute atomic E-state index is 0.00960. The minimum atomic E-state index is -2.53. The van der Waals surface area contributed by atoms with E-state index in [9.17, 15) is 43.8 Å². The number of benzene rings is 4. The summed E-state index contributed by atoms with van der Waals surface area (Å²) in [7, 11) is 1.52. The van der Waals surface area contributed by atoms with E-state index >= 15 is 4.79 Å². The number of nitrogens with zero attached hydrogens (tertiary/aromatic N) is 1. The molecule has 4 N–H and O–H groups in total.